The van der Waals surface area contributed by atoms with Crippen LogP contribution in [0.15, 0.2) is 42.6 Å². The first kappa shape index (κ1) is 21.9. The van der Waals surface area contributed by atoms with Crippen molar-refractivity contribution in [2.75, 3.05) is 23.4 Å². The zero-order valence-corrected chi connectivity index (χ0v) is 19.0. The van der Waals surface area contributed by atoms with Gasteiger partial charge in [0.1, 0.15) is 5.82 Å². The number of thiophene rings is 1. The van der Waals surface area contributed by atoms with Crippen LogP contribution in [0.2, 0.25) is 0 Å². The van der Waals surface area contributed by atoms with Gasteiger partial charge < -0.3 is 15.3 Å². The van der Waals surface area contributed by atoms with E-state index in [4.69, 9.17) is 4.98 Å². The van der Waals surface area contributed by atoms with E-state index in [0.717, 1.165) is 35.4 Å². The van der Waals surface area contributed by atoms with Crippen LogP contribution < -0.4 is 10.2 Å². The third kappa shape index (κ3) is 3.86. The normalized spacial score (nSPS) is 15.7. The van der Waals surface area contributed by atoms with Crippen molar-refractivity contribution in [3.63, 3.8) is 0 Å². The molecule has 0 radical (unpaired) electrons. The zero-order chi connectivity index (χ0) is 23.8. The maximum atomic E-state index is 12.9. The monoisotopic (exact) mass is 479 g/mol. The number of benzene rings is 1. The highest BCUT2D eigenvalue weighted by Crippen LogP contribution is 2.31. The number of carbonyl (C=O) groups is 1. The molecule has 1 amide bonds. The summed E-state index contributed by atoms with van der Waals surface area (Å²) in [6, 6.07) is 10.3. The number of amides is 1. The van der Waals surface area contributed by atoms with Crippen LogP contribution in [0.3, 0.4) is 0 Å². The largest absolute Gasteiger partial charge is 0.394 e. The molecule has 1 aliphatic heterocycles. The molecule has 0 saturated carbocycles. The van der Waals surface area contributed by atoms with Crippen molar-refractivity contribution in [2.45, 2.75) is 25.8 Å². The fourth-order valence-electron chi connectivity index (χ4n) is 4.10. The number of aliphatic hydroxyl groups excluding tert-OH is 1. The number of hydrogen-bond donors (Lipinski definition) is 2. The first-order valence-corrected chi connectivity index (χ1v) is 11.5. The Morgan fingerprint density at radius 1 is 1.29 bits per heavy atom. The summed E-state index contributed by atoms with van der Waals surface area (Å²) in [5.41, 5.74) is 2.35. The van der Waals surface area contributed by atoms with Gasteiger partial charge in [0, 0.05) is 12.6 Å². The SMILES string of the molecule is Cc1ccccc1-n1ncc2c(NC(=O)c3ccc([N+](=O)[O-])s3)nc(N3CCC[C@H]3CO)nc21. The van der Waals surface area contributed by atoms with Crippen molar-refractivity contribution in [2.24, 2.45) is 0 Å². The van der Waals surface area contributed by atoms with Crippen LogP contribution in [0.5, 0.6) is 0 Å². The van der Waals surface area contributed by atoms with Gasteiger partial charge in [-0.3, -0.25) is 14.9 Å². The molecule has 1 aromatic carbocycles. The van der Waals surface area contributed by atoms with Gasteiger partial charge in [-0.1, -0.05) is 29.5 Å². The van der Waals surface area contributed by atoms with Crippen LogP contribution in [0.1, 0.15) is 28.1 Å². The highest BCUT2D eigenvalue weighted by molar-refractivity contribution is 7.17. The van der Waals surface area contributed by atoms with Crippen LogP contribution in [0.4, 0.5) is 16.8 Å². The molecule has 0 bridgehead atoms. The van der Waals surface area contributed by atoms with Gasteiger partial charge in [0.2, 0.25) is 5.95 Å². The standard InChI is InChI=1S/C22H21N7O4S/c1-13-5-2-3-7-16(13)28-20-15(11-23-28)19(24-21(31)17-8-9-18(34-17)29(32)33)25-22(26-20)27-10-4-6-14(27)12-30/h2-3,5,7-9,11,14,30H,4,6,10,12H2,1H3,(H,24,25,26,31)/t14-/m0/s1. The first-order valence-electron chi connectivity index (χ1n) is 10.7. The Morgan fingerprint density at radius 3 is 2.85 bits per heavy atom. The van der Waals surface area contributed by atoms with Crippen LogP contribution in [-0.2, 0) is 0 Å². The minimum atomic E-state index is -0.531. The third-order valence-electron chi connectivity index (χ3n) is 5.83. The molecule has 0 spiro atoms. The van der Waals surface area contributed by atoms with Gasteiger partial charge in [-0.2, -0.15) is 15.1 Å². The number of carbonyl (C=O) groups excluding carboxylic acids is 1. The van der Waals surface area contributed by atoms with Gasteiger partial charge in [-0.15, -0.1) is 0 Å². The summed E-state index contributed by atoms with van der Waals surface area (Å²) < 4.78 is 1.70. The summed E-state index contributed by atoms with van der Waals surface area (Å²) in [6.07, 6.45) is 3.30. The van der Waals surface area contributed by atoms with E-state index in [0.29, 0.717) is 23.5 Å². The van der Waals surface area contributed by atoms with Crippen molar-refractivity contribution in [3.05, 3.63) is 63.1 Å². The maximum Gasteiger partial charge on any atom is 0.324 e. The summed E-state index contributed by atoms with van der Waals surface area (Å²) in [5, 5.41) is 28.5. The number of para-hydroxylation sites is 1. The second-order valence-corrected chi connectivity index (χ2v) is 9.04. The summed E-state index contributed by atoms with van der Waals surface area (Å²) in [6.45, 7) is 2.62. The quantitative estimate of drug-likeness (QED) is 0.317. The summed E-state index contributed by atoms with van der Waals surface area (Å²) >= 11 is 0.792. The van der Waals surface area contributed by atoms with Gasteiger partial charge in [-0.25, -0.2) is 4.68 Å². The second kappa shape index (κ2) is 8.80. The number of nitrogens with zero attached hydrogens (tertiary/aromatic N) is 6. The van der Waals surface area contributed by atoms with Gasteiger partial charge in [0.15, 0.2) is 5.65 Å². The first-order chi connectivity index (χ1) is 16.5. The smallest absolute Gasteiger partial charge is 0.324 e. The predicted octanol–water partition coefficient (Wildman–Crippen LogP) is 3.31. The molecule has 174 valence electrons. The molecule has 2 N–H and O–H groups in total. The van der Waals surface area contributed by atoms with Gasteiger partial charge in [-0.05, 0) is 37.5 Å². The van der Waals surface area contributed by atoms with Gasteiger partial charge in [0.05, 0.1) is 39.7 Å². The minimum Gasteiger partial charge on any atom is -0.394 e. The molecule has 0 unspecified atom stereocenters. The molecule has 1 atom stereocenters. The average molecular weight is 480 g/mol. The lowest BCUT2D eigenvalue weighted by molar-refractivity contribution is -0.380. The average Bonchev–Trinajstić information content (AvgIpc) is 3.58. The van der Waals surface area contributed by atoms with Crippen LogP contribution in [0, 0.1) is 17.0 Å². The van der Waals surface area contributed by atoms with E-state index in [1.54, 1.807) is 10.9 Å². The van der Waals surface area contributed by atoms with Gasteiger partial charge in [0.25, 0.3) is 5.91 Å². The van der Waals surface area contributed by atoms with Crippen molar-refractivity contribution in [1.82, 2.24) is 19.7 Å². The molecule has 4 aromatic rings. The molecule has 1 saturated heterocycles. The van der Waals surface area contributed by atoms with Crippen molar-refractivity contribution in [3.8, 4) is 5.69 Å². The Balaban J connectivity index is 1.61. The lowest BCUT2D eigenvalue weighted by Crippen LogP contribution is -2.33. The molecular formula is C22H21N7O4S. The number of aryl methyl sites for hydroxylation is 1. The van der Waals surface area contributed by atoms with Crippen LogP contribution in [0.25, 0.3) is 16.7 Å². The van der Waals surface area contributed by atoms with Gasteiger partial charge >= 0.3 is 5.00 Å². The van der Waals surface area contributed by atoms with E-state index in [1.807, 2.05) is 36.1 Å². The molecule has 11 nitrogen and oxygen atoms in total. The fraction of sp³-hybridized carbons (Fsp3) is 0.273. The van der Waals surface area contributed by atoms with Crippen LogP contribution in [-0.4, -0.2) is 54.9 Å². The Hall–Kier alpha value is -3.90. The number of nitrogens with one attached hydrogen (secondary N) is 1. The number of fused-ring (bicyclic) bond motifs is 1. The molecule has 5 rings (SSSR count). The van der Waals surface area contributed by atoms with E-state index >= 15 is 0 Å². The van der Waals surface area contributed by atoms with E-state index in [2.05, 4.69) is 15.4 Å². The predicted molar refractivity (Wildman–Crippen MR) is 128 cm³/mol. The summed E-state index contributed by atoms with van der Waals surface area (Å²) in [4.78, 5) is 34.9. The molecule has 1 fully saturated rings. The summed E-state index contributed by atoms with van der Waals surface area (Å²) in [5.74, 6) is 0.129. The molecule has 0 aliphatic carbocycles. The lowest BCUT2D eigenvalue weighted by atomic mass is 10.2. The Morgan fingerprint density at radius 2 is 2.12 bits per heavy atom. The highest BCUT2D eigenvalue weighted by Gasteiger charge is 2.28. The molecule has 12 heteroatoms. The number of nitro groups is 1. The Labute approximate surface area is 197 Å². The van der Waals surface area contributed by atoms with Crippen molar-refractivity contribution >= 4 is 45.0 Å². The fourth-order valence-corrected chi connectivity index (χ4v) is 4.82. The molecular weight excluding hydrogens is 458 g/mol. The molecule has 4 heterocycles. The second-order valence-electron chi connectivity index (χ2n) is 7.97. The Bertz CT molecular complexity index is 1400. The number of hydrogen-bond acceptors (Lipinski definition) is 9. The summed E-state index contributed by atoms with van der Waals surface area (Å²) in [7, 11) is 0. The van der Waals surface area contributed by atoms with E-state index in [1.165, 1.54) is 12.1 Å². The number of aliphatic hydroxyl groups is 1. The van der Waals surface area contributed by atoms with Crippen molar-refractivity contribution < 1.29 is 14.8 Å². The van der Waals surface area contributed by atoms with E-state index in [-0.39, 0.29) is 28.3 Å². The molecule has 34 heavy (non-hydrogen) atoms. The van der Waals surface area contributed by atoms with Crippen LogP contribution >= 0.6 is 11.3 Å². The lowest BCUT2D eigenvalue weighted by Gasteiger charge is -2.23. The number of anilines is 2. The number of aromatic nitrogens is 4. The van der Waals surface area contributed by atoms with E-state index < -0.39 is 10.8 Å². The van der Waals surface area contributed by atoms with E-state index in [9.17, 15) is 20.0 Å². The molecule has 1 aliphatic rings. The maximum absolute atomic E-state index is 12.9. The topological polar surface area (TPSA) is 139 Å². The van der Waals surface area contributed by atoms with Crippen molar-refractivity contribution in [1.29, 1.82) is 0 Å². The minimum absolute atomic E-state index is 0.0288. The third-order valence-corrected chi connectivity index (χ3v) is 6.87. The molecule has 3 aromatic heterocycles. The Kier molecular flexibility index (Phi) is 5.67. The highest BCUT2D eigenvalue weighted by atomic mass is 32.1. The number of rotatable bonds is 6. The zero-order valence-electron chi connectivity index (χ0n) is 18.2.